The maximum Gasteiger partial charge on any atom is 0.129 e. The van der Waals surface area contributed by atoms with E-state index in [0.29, 0.717) is 0 Å². The Morgan fingerprint density at radius 1 is 1.38 bits per heavy atom. The molecule has 0 spiro atoms. The predicted octanol–water partition coefficient (Wildman–Crippen LogP) is 4.25. The van der Waals surface area contributed by atoms with Crippen molar-refractivity contribution in [2.24, 2.45) is 0 Å². The number of rotatable bonds is 2. The first-order valence-corrected chi connectivity index (χ1v) is 6.29. The summed E-state index contributed by atoms with van der Waals surface area (Å²) in [7, 11) is 1.89. The van der Waals surface area contributed by atoms with E-state index in [-0.39, 0.29) is 0 Å². The monoisotopic (exact) mass is 298 g/mol. The number of nitrogens with zero attached hydrogens (tertiary/aromatic N) is 1. The third kappa shape index (κ3) is 2.02. The maximum atomic E-state index is 6.02. The lowest BCUT2D eigenvalue weighted by molar-refractivity contribution is 1.11. The number of hydrogen-bond donors (Lipinski definition) is 1. The topological polar surface area (TPSA) is 24.9 Å². The summed E-state index contributed by atoms with van der Waals surface area (Å²) in [5, 5.41) is 4.90. The molecule has 0 aliphatic rings. The molecular weight excluding hydrogens is 288 g/mol. The van der Waals surface area contributed by atoms with Gasteiger partial charge in [-0.25, -0.2) is 4.98 Å². The van der Waals surface area contributed by atoms with Crippen LogP contribution in [-0.2, 0) is 6.42 Å². The van der Waals surface area contributed by atoms with Crippen molar-refractivity contribution in [1.82, 2.24) is 4.98 Å². The lowest BCUT2D eigenvalue weighted by atomic mass is 10.1. The fourth-order valence-electron chi connectivity index (χ4n) is 1.74. The van der Waals surface area contributed by atoms with Gasteiger partial charge >= 0.3 is 0 Å². The highest BCUT2D eigenvalue weighted by Gasteiger charge is 2.07. The maximum absolute atomic E-state index is 6.02. The van der Waals surface area contributed by atoms with Gasteiger partial charge in [0.1, 0.15) is 5.82 Å². The number of aryl methyl sites for hydroxylation is 1. The smallest absolute Gasteiger partial charge is 0.129 e. The molecule has 0 fully saturated rings. The van der Waals surface area contributed by atoms with E-state index in [0.717, 1.165) is 32.6 Å². The Bertz CT molecular complexity index is 540. The summed E-state index contributed by atoms with van der Waals surface area (Å²) in [5.41, 5.74) is 2.13. The lowest BCUT2D eigenvalue weighted by Gasteiger charge is -2.09. The van der Waals surface area contributed by atoms with Crippen LogP contribution in [-0.4, -0.2) is 12.0 Å². The standard InChI is InChI=1S/C12H12BrClN2/c1-3-7-4-8-5-9(14)6-10(13)11(8)16-12(7)15-2/h4-6H,3H2,1-2H3,(H,15,16). The van der Waals surface area contributed by atoms with E-state index in [2.05, 4.69) is 39.2 Å². The normalized spacial score (nSPS) is 10.8. The highest BCUT2D eigenvalue weighted by atomic mass is 79.9. The van der Waals surface area contributed by atoms with E-state index in [4.69, 9.17) is 11.6 Å². The Hall–Kier alpha value is -0.800. The van der Waals surface area contributed by atoms with Crippen LogP contribution in [0.25, 0.3) is 10.9 Å². The third-order valence-electron chi connectivity index (χ3n) is 2.53. The number of nitrogens with one attached hydrogen (secondary N) is 1. The van der Waals surface area contributed by atoms with E-state index in [1.165, 1.54) is 5.56 Å². The first kappa shape index (κ1) is 11.7. The molecule has 0 aliphatic heterocycles. The van der Waals surface area contributed by atoms with Crippen LogP contribution in [0.5, 0.6) is 0 Å². The number of fused-ring (bicyclic) bond motifs is 1. The number of halogens is 2. The molecule has 0 unspecified atom stereocenters. The van der Waals surface area contributed by atoms with Gasteiger partial charge in [-0.3, -0.25) is 0 Å². The molecule has 16 heavy (non-hydrogen) atoms. The first-order chi connectivity index (χ1) is 7.65. The zero-order valence-corrected chi connectivity index (χ0v) is 11.5. The average molecular weight is 300 g/mol. The van der Waals surface area contributed by atoms with Crippen molar-refractivity contribution < 1.29 is 0 Å². The minimum Gasteiger partial charge on any atom is -0.373 e. The van der Waals surface area contributed by atoms with Crippen molar-refractivity contribution in [2.45, 2.75) is 13.3 Å². The number of pyridine rings is 1. The average Bonchev–Trinajstić information content (AvgIpc) is 2.27. The summed E-state index contributed by atoms with van der Waals surface area (Å²) in [6.07, 6.45) is 0.948. The number of anilines is 1. The summed E-state index contributed by atoms with van der Waals surface area (Å²) in [5.74, 6) is 0.929. The Balaban J connectivity index is 2.78. The first-order valence-electron chi connectivity index (χ1n) is 5.12. The summed E-state index contributed by atoms with van der Waals surface area (Å²) in [4.78, 5) is 4.59. The molecule has 1 aromatic heterocycles. The van der Waals surface area contributed by atoms with Crippen LogP contribution in [0.4, 0.5) is 5.82 Å². The second kappa shape index (κ2) is 4.60. The van der Waals surface area contributed by atoms with Crippen LogP contribution in [0.3, 0.4) is 0 Å². The van der Waals surface area contributed by atoms with Gasteiger partial charge in [0.15, 0.2) is 0 Å². The predicted molar refractivity (Wildman–Crippen MR) is 73.4 cm³/mol. The van der Waals surface area contributed by atoms with E-state index in [1.807, 2.05) is 19.2 Å². The second-order valence-electron chi connectivity index (χ2n) is 3.56. The highest BCUT2D eigenvalue weighted by Crippen LogP contribution is 2.29. The molecule has 2 rings (SSSR count). The Morgan fingerprint density at radius 3 is 2.75 bits per heavy atom. The molecule has 0 radical (unpaired) electrons. The van der Waals surface area contributed by atoms with Crippen LogP contribution in [0, 0.1) is 0 Å². The van der Waals surface area contributed by atoms with Gasteiger partial charge < -0.3 is 5.32 Å². The molecule has 4 heteroatoms. The van der Waals surface area contributed by atoms with Gasteiger partial charge in [0, 0.05) is 21.9 Å². The van der Waals surface area contributed by atoms with Crippen molar-refractivity contribution in [3.05, 3.63) is 33.3 Å². The molecule has 0 saturated heterocycles. The summed E-state index contributed by atoms with van der Waals surface area (Å²) >= 11 is 9.50. The van der Waals surface area contributed by atoms with Crippen molar-refractivity contribution in [3.63, 3.8) is 0 Å². The molecule has 0 atom stereocenters. The zero-order valence-electron chi connectivity index (χ0n) is 9.14. The molecule has 0 amide bonds. The molecule has 84 valence electrons. The van der Waals surface area contributed by atoms with Crippen molar-refractivity contribution in [2.75, 3.05) is 12.4 Å². The van der Waals surface area contributed by atoms with Gasteiger partial charge in [-0.05, 0) is 46.1 Å². The van der Waals surface area contributed by atoms with E-state index >= 15 is 0 Å². The van der Waals surface area contributed by atoms with Gasteiger partial charge in [-0.15, -0.1) is 0 Å². The molecule has 0 aliphatic carbocycles. The molecule has 1 heterocycles. The van der Waals surface area contributed by atoms with E-state index in [9.17, 15) is 0 Å². The van der Waals surface area contributed by atoms with E-state index in [1.54, 1.807) is 0 Å². The Morgan fingerprint density at radius 2 is 2.12 bits per heavy atom. The minimum absolute atomic E-state index is 0.723. The zero-order chi connectivity index (χ0) is 11.7. The van der Waals surface area contributed by atoms with Crippen LogP contribution in [0.15, 0.2) is 22.7 Å². The van der Waals surface area contributed by atoms with Crippen LogP contribution in [0.1, 0.15) is 12.5 Å². The molecule has 0 bridgehead atoms. The number of benzene rings is 1. The third-order valence-corrected chi connectivity index (χ3v) is 3.36. The lowest BCUT2D eigenvalue weighted by Crippen LogP contribution is -1.98. The molecule has 2 aromatic rings. The van der Waals surface area contributed by atoms with Crippen LogP contribution >= 0.6 is 27.5 Å². The minimum atomic E-state index is 0.723. The van der Waals surface area contributed by atoms with Crippen molar-refractivity contribution in [3.8, 4) is 0 Å². The number of aromatic nitrogens is 1. The molecule has 1 aromatic carbocycles. The van der Waals surface area contributed by atoms with Crippen LogP contribution < -0.4 is 5.32 Å². The SMILES string of the molecule is CCc1cc2cc(Cl)cc(Br)c2nc1NC. The Kier molecular flexibility index (Phi) is 3.36. The number of hydrogen-bond acceptors (Lipinski definition) is 2. The molecule has 0 saturated carbocycles. The Labute approximate surface area is 108 Å². The van der Waals surface area contributed by atoms with Gasteiger partial charge in [0.25, 0.3) is 0 Å². The van der Waals surface area contributed by atoms with Gasteiger partial charge in [-0.2, -0.15) is 0 Å². The quantitative estimate of drug-likeness (QED) is 0.896. The largest absolute Gasteiger partial charge is 0.373 e. The highest BCUT2D eigenvalue weighted by molar-refractivity contribution is 9.10. The van der Waals surface area contributed by atoms with Crippen molar-refractivity contribution >= 4 is 44.3 Å². The van der Waals surface area contributed by atoms with Crippen molar-refractivity contribution in [1.29, 1.82) is 0 Å². The molecular formula is C12H12BrClN2. The summed E-state index contributed by atoms with van der Waals surface area (Å²) in [6.45, 7) is 2.11. The second-order valence-corrected chi connectivity index (χ2v) is 4.85. The fraction of sp³-hybridized carbons (Fsp3) is 0.250. The molecule has 2 nitrogen and oxygen atoms in total. The molecule has 1 N–H and O–H groups in total. The van der Waals surface area contributed by atoms with Gasteiger partial charge in [-0.1, -0.05) is 18.5 Å². The summed E-state index contributed by atoms with van der Waals surface area (Å²) in [6, 6.07) is 5.93. The van der Waals surface area contributed by atoms with E-state index < -0.39 is 0 Å². The van der Waals surface area contributed by atoms with Crippen LogP contribution in [0.2, 0.25) is 5.02 Å². The van der Waals surface area contributed by atoms with Gasteiger partial charge in [0.05, 0.1) is 5.52 Å². The fourth-order valence-corrected chi connectivity index (χ4v) is 2.66. The van der Waals surface area contributed by atoms with Gasteiger partial charge in [0.2, 0.25) is 0 Å². The summed E-state index contributed by atoms with van der Waals surface area (Å²) < 4.78 is 0.925.